The molecular weight excluding hydrogens is 701 g/mol. The Bertz CT molecular complexity index is 1620. The molecule has 2 saturated heterocycles. The average Bonchev–Trinajstić information content (AvgIpc) is 3.79. The van der Waals surface area contributed by atoms with Crippen LogP contribution in [0.4, 0.5) is 0 Å². The lowest BCUT2D eigenvalue weighted by Gasteiger charge is -2.38. The van der Waals surface area contributed by atoms with Crippen molar-refractivity contribution < 1.29 is 28.7 Å². The zero-order chi connectivity index (χ0) is 36.0. The molecule has 2 amide bonds. The molecule has 5 rings (SSSR count). The van der Waals surface area contributed by atoms with Crippen LogP contribution in [0.1, 0.15) is 68.9 Å². The summed E-state index contributed by atoms with van der Waals surface area (Å²) in [6, 6.07) is 4.97. The van der Waals surface area contributed by atoms with E-state index in [-0.39, 0.29) is 45.1 Å². The average molecular weight is 747 g/mol. The van der Waals surface area contributed by atoms with E-state index in [1.807, 2.05) is 10.3 Å². The highest BCUT2D eigenvalue weighted by atomic mass is 35.5. The molecule has 2 unspecified atom stereocenters. The van der Waals surface area contributed by atoms with Gasteiger partial charge in [-0.3, -0.25) is 24.3 Å². The molecule has 1 aromatic heterocycles. The Morgan fingerprint density at radius 1 is 1.02 bits per heavy atom. The van der Waals surface area contributed by atoms with E-state index in [0.717, 1.165) is 37.4 Å². The Morgan fingerprint density at radius 3 is 2.34 bits per heavy atom. The normalized spacial score (nSPS) is 20.3. The molecule has 0 N–H and O–H groups in total. The summed E-state index contributed by atoms with van der Waals surface area (Å²) in [6.45, 7) is 8.46. The molecule has 0 spiro atoms. The SMILES string of the molecule is COC(=O)C1=C(CC(=O)N2CCN(CCCC(C)(C)N3CCCC3=O)CC2)N=C(CCc2nccs2)C(C(=O)OC)C1c1c(Cl)cccc1Cl. The molecule has 2 aromatic rings. The lowest BCUT2D eigenvalue weighted by molar-refractivity contribution is -0.144. The fourth-order valence-electron chi connectivity index (χ4n) is 7.31. The number of aliphatic imine (C=N–C) groups is 1. The maximum absolute atomic E-state index is 13.9. The molecule has 14 heteroatoms. The quantitative estimate of drug-likeness (QED) is 0.245. The van der Waals surface area contributed by atoms with Gasteiger partial charge in [0.1, 0.15) is 5.92 Å². The molecular formula is C36H45Cl2N5O6S. The molecule has 0 radical (unpaired) electrons. The largest absolute Gasteiger partial charge is 0.468 e. The van der Waals surface area contributed by atoms with Gasteiger partial charge in [0.2, 0.25) is 11.8 Å². The van der Waals surface area contributed by atoms with Gasteiger partial charge < -0.3 is 19.3 Å². The second kappa shape index (κ2) is 16.8. The minimum Gasteiger partial charge on any atom is -0.468 e. The number of esters is 2. The third-order valence-electron chi connectivity index (χ3n) is 9.95. The molecule has 270 valence electrons. The molecule has 11 nitrogen and oxygen atoms in total. The number of piperazine rings is 1. The van der Waals surface area contributed by atoms with Crippen LogP contribution in [0.5, 0.6) is 0 Å². The Kier molecular flexibility index (Phi) is 12.7. The number of carbonyl (C=O) groups excluding carboxylic acids is 4. The first kappa shape index (κ1) is 37.9. The van der Waals surface area contributed by atoms with Gasteiger partial charge in [0.05, 0.1) is 36.9 Å². The van der Waals surface area contributed by atoms with E-state index in [0.29, 0.717) is 56.7 Å². The van der Waals surface area contributed by atoms with E-state index < -0.39 is 23.8 Å². The van der Waals surface area contributed by atoms with Crippen LogP contribution in [0.15, 0.2) is 46.0 Å². The molecule has 50 heavy (non-hydrogen) atoms. The fourth-order valence-corrected chi connectivity index (χ4v) is 8.56. The number of likely N-dealkylation sites (tertiary alicyclic amines) is 1. The molecule has 1 aromatic carbocycles. The highest BCUT2D eigenvalue weighted by Gasteiger charge is 2.46. The lowest BCUT2D eigenvalue weighted by Crippen LogP contribution is -2.49. The highest BCUT2D eigenvalue weighted by molar-refractivity contribution is 7.09. The summed E-state index contributed by atoms with van der Waals surface area (Å²) in [5.41, 5.74) is 0.922. The summed E-state index contributed by atoms with van der Waals surface area (Å²) < 4.78 is 10.5. The Balaban J connectivity index is 1.37. The summed E-state index contributed by atoms with van der Waals surface area (Å²) in [5, 5.41) is 3.25. The molecule has 4 heterocycles. The second-order valence-corrected chi connectivity index (χ2v) is 15.3. The number of aromatic nitrogens is 1. The summed E-state index contributed by atoms with van der Waals surface area (Å²) in [7, 11) is 2.53. The molecule has 0 aliphatic carbocycles. The molecule has 2 fully saturated rings. The van der Waals surface area contributed by atoms with Gasteiger partial charge in [0.25, 0.3) is 0 Å². The number of rotatable bonds is 13. The van der Waals surface area contributed by atoms with Gasteiger partial charge in [-0.2, -0.15) is 0 Å². The van der Waals surface area contributed by atoms with Gasteiger partial charge in [-0.15, -0.1) is 11.3 Å². The number of hydrogen-bond acceptors (Lipinski definition) is 10. The summed E-state index contributed by atoms with van der Waals surface area (Å²) in [4.78, 5) is 68.8. The molecule has 0 saturated carbocycles. The van der Waals surface area contributed by atoms with Crippen LogP contribution in [0.2, 0.25) is 10.0 Å². The third-order valence-corrected chi connectivity index (χ3v) is 11.5. The van der Waals surface area contributed by atoms with Crippen molar-refractivity contribution in [2.24, 2.45) is 10.9 Å². The van der Waals surface area contributed by atoms with Crippen molar-refractivity contribution >= 4 is 64.0 Å². The molecule has 3 aliphatic rings. The Hall–Kier alpha value is -3.32. The predicted molar refractivity (Wildman–Crippen MR) is 194 cm³/mol. The minimum absolute atomic E-state index is 0.0574. The summed E-state index contributed by atoms with van der Waals surface area (Å²) in [6.07, 6.45) is 5.79. The Morgan fingerprint density at radius 2 is 1.74 bits per heavy atom. The monoisotopic (exact) mass is 745 g/mol. The van der Waals surface area contributed by atoms with Crippen molar-refractivity contribution in [1.29, 1.82) is 0 Å². The van der Waals surface area contributed by atoms with Crippen LogP contribution in [0.3, 0.4) is 0 Å². The minimum atomic E-state index is -1.04. The first-order valence-electron chi connectivity index (χ1n) is 17.0. The van der Waals surface area contributed by atoms with Crippen molar-refractivity contribution in [1.82, 2.24) is 19.7 Å². The maximum Gasteiger partial charge on any atom is 0.336 e. The van der Waals surface area contributed by atoms with E-state index in [1.165, 1.54) is 25.6 Å². The van der Waals surface area contributed by atoms with Gasteiger partial charge in [0, 0.05) is 84.4 Å². The van der Waals surface area contributed by atoms with Crippen molar-refractivity contribution in [2.75, 3.05) is 53.5 Å². The number of thiazole rings is 1. The number of benzene rings is 1. The first-order chi connectivity index (χ1) is 23.9. The van der Waals surface area contributed by atoms with Gasteiger partial charge in [-0.05, 0) is 63.8 Å². The van der Waals surface area contributed by atoms with Crippen molar-refractivity contribution in [2.45, 2.75) is 70.3 Å². The van der Waals surface area contributed by atoms with Gasteiger partial charge in [-0.1, -0.05) is 29.3 Å². The van der Waals surface area contributed by atoms with Crippen molar-refractivity contribution in [3.05, 3.63) is 61.7 Å². The number of hydrogen-bond donors (Lipinski definition) is 0. The van der Waals surface area contributed by atoms with Crippen LogP contribution in [0, 0.1) is 5.92 Å². The molecule has 2 atom stereocenters. The maximum atomic E-state index is 13.9. The lowest BCUT2D eigenvalue weighted by atomic mass is 9.74. The zero-order valence-electron chi connectivity index (χ0n) is 29.1. The topological polar surface area (TPSA) is 122 Å². The second-order valence-electron chi connectivity index (χ2n) is 13.5. The van der Waals surface area contributed by atoms with E-state index in [9.17, 15) is 19.2 Å². The first-order valence-corrected chi connectivity index (χ1v) is 18.7. The van der Waals surface area contributed by atoms with E-state index in [1.54, 1.807) is 29.3 Å². The van der Waals surface area contributed by atoms with Crippen LogP contribution in [0.25, 0.3) is 0 Å². The van der Waals surface area contributed by atoms with Crippen LogP contribution >= 0.6 is 34.5 Å². The summed E-state index contributed by atoms with van der Waals surface area (Å²) in [5.74, 6) is -3.32. The number of nitrogens with zero attached hydrogens (tertiary/aromatic N) is 5. The van der Waals surface area contributed by atoms with Gasteiger partial charge in [0.15, 0.2) is 0 Å². The van der Waals surface area contributed by atoms with Gasteiger partial charge in [-0.25, -0.2) is 9.78 Å². The summed E-state index contributed by atoms with van der Waals surface area (Å²) >= 11 is 14.9. The predicted octanol–water partition coefficient (Wildman–Crippen LogP) is 5.55. The zero-order valence-corrected chi connectivity index (χ0v) is 31.4. The smallest absolute Gasteiger partial charge is 0.336 e. The third kappa shape index (κ3) is 8.58. The number of amides is 2. The van der Waals surface area contributed by atoms with Crippen LogP contribution in [-0.4, -0.2) is 108 Å². The number of halogens is 2. The fraction of sp³-hybridized carbons (Fsp3) is 0.556. The van der Waals surface area contributed by atoms with Crippen LogP contribution in [-0.2, 0) is 35.1 Å². The van der Waals surface area contributed by atoms with E-state index in [2.05, 4.69) is 23.7 Å². The van der Waals surface area contributed by atoms with E-state index in [4.69, 9.17) is 37.7 Å². The standard InChI is InChI=1S/C36H45Cl2N5O6S/c1-36(2,43-16-6-10-28(43)44)13-7-15-41-17-19-42(20-18-41)29(45)22-26-32(35(47)49-4)33(30-23(37)8-5-9-24(30)38)31(34(46)48-3)25(40-26)11-12-27-39-14-21-50-27/h5,8-9,14,21,31,33H,6-7,10-13,15-20,22H2,1-4H3. The number of carbonyl (C=O) groups is 4. The van der Waals surface area contributed by atoms with Crippen LogP contribution < -0.4 is 0 Å². The Labute approximate surface area is 307 Å². The number of aryl methyl sites for hydroxylation is 1. The van der Waals surface area contributed by atoms with E-state index >= 15 is 0 Å². The number of methoxy groups -OCH3 is 2. The number of ether oxygens (including phenoxy) is 2. The molecule has 0 bridgehead atoms. The van der Waals surface area contributed by atoms with Crippen molar-refractivity contribution in [3.8, 4) is 0 Å². The molecule has 3 aliphatic heterocycles. The highest BCUT2D eigenvalue weighted by Crippen LogP contribution is 2.46. The van der Waals surface area contributed by atoms with Crippen molar-refractivity contribution in [3.63, 3.8) is 0 Å². The van der Waals surface area contributed by atoms with Gasteiger partial charge >= 0.3 is 11.9 Å².